The SMILES string of the molecule is CCc1ccc(N=Nc2ccc(CC)c(CN)c2)cc1.CCc1cccc(N=Nc2cc(CC)cc(CN)c2)c1.CCc1ccccc1N=Nc1cc(CN)ccc1CC. The minimum atomic E-state index is 0.526. The fourth-order valence-electron chi connectivity index (χ4n) is 6.34. The first-order chi connectivity index (χ1) is 29.3. The van der Waals surface area contributed by atoms with Crippen LogP contribution in [0.4, 0.5) is 34.1 Å². The number of azo groups is 3. The molecule has 312 valence electrons. The summed E-state index contributed by atoms with van der Waals surface area (Å²) in [7, 11) is 0. The lowest BCUT2D eigenvalue weighted by Crippen LogP contribution is -2.00. The standard InChI is InChI=1S/3C17H21N3/c1-3-13-5-8-16(9-6-13)19-20-17-10-7-14(4-2)15(11-17)12-18;1-3-13-6-5-7-16(9-13)19-20-17-10-14(4-2)8-15(11-17)12-18;1-3-14-7-5-6-8-16(14)19-20-17-11-13(12-18)9-10-15(17)4-2/h3*5-11H,3-4,12,18H2,1-2H3. The molecule has 60 heavy (non-hydrogen) atoms. The molecule has 0 unspecified atom stereocenters. The largest absolute Gasteiger partial charge is 0.326 e. The van der Waals surface area contributed by atoms with Gasteiger partial charge in [-0.05, 0) is 149 Å². The van der Waals surface area contributed by atoms with Gasteiger partial charge in [-0.3, -0.25) is 0 Å². The summed E-state index contributed by atoms with van der Waals surface area (Å²) in [5.41, 5.74) is 33.3. The van der Waals surface area contributed by atoms with Gasteiger partial charge in [-0.15, -0.1) is 0 Å². The molecule has 0 saturated heterocycles. The Bertz CT molecular complexity index is 2290. The average molecular weight is 802 g/mol. The zero-order valence-corrected chi connectivity index (χ0v) is 36.4. The topological polar surface area (TPSA) is 152 Å². The number of hydrogen-bond acceptors (Lipinski definition) is 9. The van der Waals surface area contributed by atoms with Crippen molar-refractivity contribution in [3.63, 3.8) is 0 Å². The van der Waals surface area contributed by atoms with E-state index < -0.39 is 0 Å². The van der Waals surface area contributed by atoms with Gasteiger partial charge in [0.2, 0.25) is 0 Å². The Labute approximate surface area is 358 Å². The summed E-state index contributed by atoms with van der Waals surface area (Å²) in [4.78, 5) is 0. The van der Waals surface area contributed by atoms with Gasteiger partial charge in [-0.1, -0.05) is 108 Å². The predicted octanol–water partition coefficient (Wildman–Crippen LogP) is 14.1. The highest BCUT2D eigenvalue weighted by molar-refractivity contribution is 5.51. The third kappa shape index (κ3) is 14.7. The Balaban J connectivity index is 0.000000198. The van der Waals surface area contributed by atoms with Gasteiger partial charge in [0.1, 0.15) is 0 Å². The quantitative estimate of drug-likeness (QED) is 0.0886. The van der Waals surface area contributed by atoms with Crippen LogP contribution >= 0.6 is 0 Å². The van der Waals surface area contributed by atoms with Crippen molar-refractivity contribution in [1.82, 2.24) is 0 Å². The van der Waals surface area contributed by atoms with E-state index in [1.54, 1.807) is 0 Å². The molecule has 6 aromatic rings. The molecule has 0 bridgehead atoms. The molecule has 0 heterocycles. The van der Waals surface area contributed by atoms with Crippen molar-refractivity contribution in [2.75, 3.05) is 0 Å². The molecule has 0 atom stereocenters. The molecular weight excluding hydrogens is 739 g/mol. The van der Waals surface area contributed by atoms with Gasteiger partial charge < -0.3 is 17.2 Å². The van der Waals surface area contributed by atoms with Gasteiger partial charge in [0.25, 0.3) is 0 Å². The maximum atomic E-state index is 5.76. The Morgan fingerprint density at radius 3 is 1.48 bits per heavy atom. The lowest BCUT2D eigenvalue weighted by atomic mass is 10.0. The molecule has 0 aliphatic rings. The van der Waals surface area contributed by atoms with Crippen LogP contribution in [0, 0.1) is 0 Å². The van der Waals surface area contributed by atoms with Crippen LogP contribution in [0.5, 0.6) is 0 Å². The number of hydrogen-bond donors (Lipinski definition) is 3. The molecule has 6 aromatic carbocycles. The zero-order chi connectivity index (χ0) is 43.1. The van der Waals surface area contributed by atoms with E-state index in [4.69, 9.17) is 17.2 Å². The maximum absolute atomic E-state index is 5.76. The van der Waals surface area contributed by atoms with Crippen LogP contribution in [0.1, 0.15) is 91.6 Å². The van der Waals surface area contributed by atoms with Crippen LogP contribution in [0.3, 0.4) is 0 Å². The van der Waals surface area contributed by atoms with Crippen molar-refractivity contribution in [3.05, 3.63) is 177 Å². The van der Waals surface area contributed by atoms with E-state index in [2.05, 4.69) is 133 Å². The highest BCUT2D eigenvalue weighted by atomic mass is 15.1. The molecular formula is C51H63N9. The summed E-state index contributed by atoms with van der Waals surface area (Å²) in [6, 6.07) is 42.8. The monoisotopic (exact) mass is 802 g/mol. The van der Waals surface area contributed by atoms with Crippen LogP contribution in [0.15, 0.2) is 158 Å². The summed E-state index contributed by atoms with van der Waals surface area (Å²) in [6.07, 6.45) is 5.90. The van der Waals surface area contributed by atoms with Crippen molar-refractivity contribution < 1.29 is 0 Å². The first kappa shape index (κ1) is 46.7. The minimum Gasteiger partial charge on any atom is -0.326 e. The Hall–Kier alpha value is -6.00. The van der Waals surface area contributed by atoms with Crippen LogP contribution in [-0.2, 0) is 58.2 Å². The zero-order valence-electron chi connectivity index (χ0n) is 36.4. The summed E-state index contributed by atoms with van der Waals surface area (Å²) >= 11 is 0. The predicted molar refractivity (Wildman–Crippen MR) is 251 cm³/mol. The van der Waals surface area contributed by atoms with Gasteiger partial charge in [0, 0.05) is 19.6 Å². The Morgan fingerprint density at radius 1 is 0.300 bits per heavy atom. The molecule has 0 spiro atoms. The van der Waals surface area contributed by atoms with Crippen LogP contribution < -0.4 is 17.2 Å². The van der Waals surface area contributed by atoms with E-state index in [1.807, 2.05) is 66.7 Å². The van der Waals surface area contributed by atoms with Gasteiger partial charge in [0.15, 0.2) is 0 Å². The molecule has 0 amide bonds. The molecule has 0 aliphatic heterocycles. The summed E-state index contributed by atoms with van der Waals surface area (Å²) in [5.74, 6) is 0. The lowest BCUT2D eigenvalue weighted by Gasteiger charge is -2.05. The molecule has 0 saturated carbocycles. The number of nitrogens with zero attached hydrogens (tertiary/aromatic N) is 6. The van der Waals surface area contributed by atoms with E-state index in [9.17, 15) is 0 Å². The molecule has 0 radical (unpaired) electrons. The number of nitrogens with two attached hydrogens (primary N) is 3. The summed E-state index contributed by atoms with van der Waals surface area (Å²) in [6.45, 7) is 14.4. The van der Waals surface area contributed by atoms with Crippen LogP contribution in [0.2, 0.25) is 0 Å². The minimum absolute atomic E-state index is 0.526. The fraction of sp³-hybridized carbons (Fsp3) is 0.294. The number of benzene rings is 6. The molecule has 6 N–H and O–H groups in total. The second-order valence-corrected chi connectivity index (χ2v) is 14.2. The fourth-order valence-corrected chi connectivity index (χ4v) is 6.34. The van der Waals surface area contributed by atoms with Gasteiger partial charge >= 0.3 is 0 Å². The van der Waals surface area contributed by atoms with Crippen molar-refractivity contribution >= 4 is 34.1 Å². The molecule has 0 fully saturated rings. The molecule has 0 aliphatic carbocycles. The van der Waals surface area contributed by atoms with Crippen molar-refractivity contribution in [2.24, 2.45) is 47.9 Å². The highest BCUT2D eigenvalue weighted by Crippen LogP contribution is 2.27. The van der Waals surface area contributed by atoms with Crippen molar-refractivity contribution in [1.29, 1.82) is 0 Å². The molecule has 9 nitrogen and oxygen atoms in total. The Kier molecular flexibility index (Phi) is 19.8. The number of aryl methyl sites for hydroxylation is 6. The van der Waals surface area contributed by atoms with E-state index in [0.717, 1.165) is 89.3 Å². The van der Waals surface area contributed by atoms with Gasteiger partial charge in [-0.2, -0.15) is 30.7 Å². The summed E-state index contributed by atoms with van der Waals surface area (Å²) in [5, 5.41) is 26.1. The second kappa shape index (κ2) is 25.5. The lowest BCUT2D eigenvalue weighted by molar-refractivity contribution is 1.00. The van der Waals surface area contributed by atoms with Gasteiger partial charge in [0.05, 0.1) is 34.1 Å². The highest BCUT2D eigenvalue weighted by Gasteiger charge is 2.04. The third-order valence-corrected chi connectivity index (χ3v) is 10.1. The summed E-state index contributed by atoms with van der Waals surface area (Å²) < 4.78 is 0. The normalized spacial score (nSPS) is 11.2. The van der Waals surface area contributed by atoms with Crippen LogP contribution in [-0.4, -0.2) is 0 Å². The molecule has 6 rings (SSSR count). The second-order valence-electron chi connectivity index (χ2n) is 14.2. The first-order valence-electron chi connectivity index (χ1n) is 21.3. The van der Waals surface area contributed by atoms with Crippen molar-refractivity contribution in [2.45, 2.75) is 99.7 Å². The molecule has 9 heteroatoms. The number of rotatable bonds is 15. The van der Waals surface area contributed by atoms with E-state index in [1.165, 1.54) is 33.4 Å². The van der Waals surface area contributed by atoms with Gasteiger partial charge in [-0.25, -0.2) is 0 Å². The average Bonchev–Trinajstić information content (AvgIpc) is 3.32. The Morgan fingerprint density at radius 2 is 0.833 bits per heavy atom. The van der Waals surface area contributed by atoms with E-state index in [0.29, 0.717) is 19.6 Å². The maximum Gasteiger partial charge on any atom is 0.0892 e. The third-order valence-electron chi connectivity index (χ3n) is 10.1. The van der Waals surface area contributed by atoms with Crippen LogP contribution in [0.25, 0.3) is 0 Å². The van der Waals surface area contributed by atoms with Crippen molar-refractivity contribution in [3.8, 4) is 0 Å². The molecule has 0 aromatic heterocycles. The van der Waals surface area contributed by atoms with E-state index >= 15 is 0 Å². The first-order valence-corrected chi connectivity index (χ1v) is 21.3. The van der Waals surface area contributed by atoms with E-state index in [-0.39, 0.29) is 0 Å². The smallest absolute Gasteiger partial charge is 0.0892 e.